The maximum Gasteiger partial charge on any atom is 0.342 e. The summed E-state index contributed by atoms with van der Waals surface area (Å²) < 4.78 is 10.7. The van der Waals surface area contributed by atoms with Gasteiger partial charge in [-0.05, 0) is 34.5 Å². The minimum absolute atomic E-state index is 0.268. The highest BCUT2D eigenvalue weighted by molar-refractivity contribution is 6.00. The Morgan fingerprint density at radius 1 is 1.00 bits per heavy atom. The lowest BCUT2D eigenvalue weighted by atomic mass is 9.83. The molecule has 5 nitrogen and oxygen atoms in total. The largest absolute Gasteiger partial charge is 0.496 e. The molecule has 0 fully saturated rings. The number of fused-ring (bicyclic) bond motifs is 2. The fraction of sp³-hybridized carbons (Fsp3) is 0.231. The zero-order valence-corrected chi connectivity index (χ0v) is 18.1. The number of hydrogen-bond donors (Lipinski definition) is 0. The Balaban J connectivity index is 1.52. The van der Waals surface area contributed by atoms with Gasteiger partial charge in [-0.15, -0.1) is 0 Å². The first-order chi connectivity index (χ1) is 14.8. The van der Waals surface area contributed by atoms with Crippen molar-refractivity contribution in [3.05, 3.63) is 83.6 Å². The lowest BCUT2D eigenvalue weighted by molar-refractivity contribution is -0.117. The smallest absolute Gasteiger partial charge is 0.342 e. The maximum atomic E-state index is 12.7. The van der Waals surface area contributed by atoms with E-state index < -0.39 is 5.97 Å². The van der Waals surface area contributed by atoms with Gasteiger partial charge in [0.15, 0.2) is 12.4 Å². The molecule has 0 saturated heterocycles. The van der Waals surface area contributed by atoms with Gasteiger partial charge in [0.2, 0.25) is 0 Å². The Morgan fingerprint density at radius 3 is 2.32 bits per heavy atom. The van der Waals surface area contributed by atoms with E-state index in [2.05, 4.69) is 19.9 Å². The average Bonchev–Trinajstić information content (AvgIpc) is 2.97. The molecular formula is C26H25NO4. The lowest BCUT2D eigenvalue weighted by Gasteiger charge is -2.23. The van der Waals surface area contributed by atoms with Crippen molar-refractivity contribution in [2.75, 3.05) is 25.7 Å². The third-order valence-corrected chi connectivity index (χ3v) is 5.87. The molecule has 1 heterocycles. The van der Waals surface area contributed by atoms with Gasteiger partial charge in [0, 0.05) is 29.9 Å². The second kappa shape index (κ2) is 7.91. The van der Waals surface area contributed by atoms with E-state index in [0.29, 0.717) is 11.3 Å². The molecule has 31 heavy (non-hydrogen) atoms. The quantitative estimate of drug-likeness (QED) is 0.439. The van der Waals surface area contributed by atoms with Crippen LogP contribution < -0.4 is 9.64 Å². The van der Waals surface area contributed by atoms with Gasteiger partial charge in [-0.3, -0.25) is 4.79 Å². The van der Waals surface area contributed by atoms with E-state index in [9.17, 15) is 9.59 Å². The van der Waals surface area contributed by atoms with E-state index >= 15 is 0 Å². The van der Waals surface area contributed by atoms with E-state index in [1.54, 1.807) is 18.2 Å². The molecular weight excluding hydrogens is 390 g/mol. The monoisotopic (exact) mass is 415 g/mol. The summed E-state index contributed by atoms with van der Waals surface area (Å²) in [4.78, 5) is 27.4. The molecule has 0 aliphatic carbocycles. The molecule has 4 rings (SSSR count). The van der Waals surface area contributed by atoms with Gasteiger partial charge in [0.25, 0.3) is 0 Å². The van der Waals surface area contributed by atoms with Crippen LogP contribution in [0.5, 0.6) is 5.75 Å². The molecule has 3 aromatic rings. The molecule has 3 aromatic carbocycles. The van der Waals surface area contributed by atoms with Crippen LogP contribution in [0, 0.1) is 0 Å². The predicted molar refractivity (Wildman–Crippen MR) is 122 cm³/mol. The van der Waals surface area contributed by atoms with Crippen LogP contribution in [0.4, 0.5) is 5.69 Å². The van der Waals surface area contributed by atoms with Crippen LogP contribution in [-0.4, -0.2) is 32.5 Å². The van der Waals surface area contributed by atoms with Crippen molar-refractivity contribution in [3.8, 4) is 5.75 Å². The molecule has 0 N–H and O–H groups in total. The lowest BCUT2D eigenvalue weighted by Crippen LogP contribution is -2.25. The zero-order chi connectivity index (χ0) is 22.2. The van der Waals surface area contributed by atoms with Crippen molar-refractivity contribution >= 4 is 28.2 Å². The first kappa shape index (κ1) is 20.7. The number of likely N-dealkylation sites (N-methyl/N-ethyl adjacent to an activating group) is 1. The van der Waals surface area contributed by atoms with Gasteiger partial charge in [0.05, 0.1) is 7.11 Å². The fourth-order valence-electron chi connectivity index (χ4n) is 4.22. The van der Waals surface area contributed by atoms with Crippen LogP contribution in [0.1, 0.15) is 29.8 Å². The molecule has 0 aromatic heterocycles. The topological polar surface area (TPSA) is 55.8 Å². The van der Waals surface area contributed by atoms with Gasteiger partial charge < -0.3 is 14.4 Å². The Labute approximate surface area is 181 Å². The molecule has 0 saturated carbocycles. The second-order valence-corrected chi connectivity index (χ2v) is 8.17. The molecule has 158 valence electrons. The van der Waals surface area contributed by atoms with E-state index in [4.69, 9.17) is 9.47 Å². The summed E-state index contributed by atoms with van der Waals surface area (Å²) >= 11 is 0. The predicted octanol–water partition coefficient (Wildman–Crippen LogP) is 4.89. The van der Waals surface area contributed by atoms with Crippen LogP contribution in [0.3, 0.4) is 0 Å². The Morgan fingerprint density at radius 2 is 1.65 bits per heavy atom. The number of nitrogens with zero attached hydrogens (tertiary/aromatic N) is 1. The number of anilines is 1. The molecule has 1 aliphatic rings. The highest BCUT2D eigenvalue weighted by atomic mass is 16.5. The zero-order valence-electron chi connectivity index (χ0n) is 18.1. The normalized spacial score (nSPS) is 15.7. The number of esters is 1. The SMILES string of the molecule is COc1cc2ccccc2cc1C(=O)OCC(=O)/C=C1/N(C)c2ccccc2C1(C)C. The van der Waals surface area contributed by atoms with Crippen LogP contribution in [-0.2, 0) is 14.9 Å². The van der Waals surface area contributed by atoms with E-state index in [1.165, 1.54) is 7.11 Å². The van der Waals surface area contributed by atoms with Crippen LogP contribution in [0.15, 0.2) is 72.4 Å². The van der Waals surface area contributed by atoms with E-state index in [0.717, 1.165) is 27.7 Å². The van der Waals surface area contributed by atoms with Gasteiger partial charge in [-0.25, -0.2) is 4.79 Å². The Hall–Kier alpha value is -3.60. The number of ketones is 1. The second-order valence-electron chi connectivity index (χ2n) is 8.17. The third kappa shape index (κ3) is 3.67. The fourth-order valence-corrected chi connectivity index (χ4v) is 4.22. The molecule has 1 aliphatic heterocycles. The van der Waals surface area contributed by atoms with Gasteiger partial charge in [-0.1, -0.05) is 56.3 Å². The summed E-state index contributed by atoms with van der Waals surface area (Å²) in [5.74, 6) is -0.436. The first-order valence-corrected chi connectivity index (χ1v) is 10.1. The van der Waals surface area contributed by atoms with Gasteiger partial charge in [0.1, 0.15) is 11.3 Å². The van der Waals surface area contributed by atoms with Crippen molar-refractivity contribution in [1.29, 1.82) is 0 Å². The number of carbonyl (C=O) groups is 2. The van der Waals surface area contributed by atoms with E-state index in [-0.39, 0.29) is 17.8 Å². The molecule has 0 atom stereocenters. The minimum Gasteiger partial charge on any atom is -0.496 e. The van der Waals surface area contributed by atoms with E-state index in [1.807, 2.05) is 54.4 Å². The third-order valence-electron chi connectivity index (χ3n) is 5.87. The number of para-hydroxylation sites is 1. The molecule has 0 bridgehead atoms. The number of carbonyl (C=O) groups excluding carboxylic acids is 2. The Bertz CT molecular complexity index is 1210. The molecule has 0 amide bonds. The summed E-state index contributed by atoms with van der Waals surface area (Å²) in [6.07, 6.45) is 1.57. The summed E-state index contributed by atoms with van der Waals surface area (Å²) in [7, 11) is 3.45. The molecule has 0 unspecified atom stereocenters. The van der Waals surface area contributed by atoms with Crippen molar-refractivity contribution in [1.82, 2.24) is 0 Å². The van der Waals surface area contributed by atoms with Crippen molar-refractivity contribution in [2.45, 2.75) is 19.3 Å². The summed E-state index contributed by atoms with van der Waals surface area (Å²) in [5, 5.41) is 1.86. The van der Waals surface area contributed by atoms with Crippen LogP contribution in [0.25, 0.3) is 10.8 Å². The number of ether oxygens (including phenoxy) is 2. The number of methoxy groups -OCH3 is 1. The highest BCUT2D eigenvalue weighted by Crippen LogP contribution is 2.46. The average molecular weight is 415 g/mol. The van der Waals surface area contributed by atoms with Crippen LogP contribution in [0.2, 0.25) is 0 Å². The molecule has 0 radical (unpaired) electrons. The minimum atomic E-state index is -0.586. The van der Waals surface area contributed by atoms with Crippen molar-refractivity contribution in [2.24, 2.45) is 0 Å². The maximum absolute atomic E-state index is 12.7. The number of benzene rings is 3. The van der Waals surface area contributed by atoms with Crippen LogP contribution >= 0.6 is 0 Å². The standard InChI is InChI=1S/C26H25NO4/c1-26(2)21-11-7-8-12-22(21)27(3)24(26)15-19(28)16-31-25(29)20-13-17-9-5-6-10-18(17)14-23(20)30-4/h5-15H,16H2,1-4H3/b24-15+. The summed E-state index contributed by atoms with van der Waals surface area (Å²) in [6, 6.07) is 19.3. The number of allylic oxidation sites excluding steroid dienone is 1. The molecule has 0 spiro atoms. The summed E-state index contributed by atoms with van der Waals surface area (Å²) in [5.41, 5.74) is 3.09. The van der Waals surface area contributed by atoms with Gasteiger partial charge >= 0.3 is 5.97 Å². The summed E-state index contributed by atoms with van der Waals surface area (Å²) in [6.45, 7) is 3.83. The number of rotatable bonds is 5. The number of hydrogen-bond acceptors (Lipinski definition) is 5. The Kier molecular flexibility index (Phi) is 5.27. The highest BCUT2D eigenvalue weighted by Gasteiger charge is 2.38. The van der Waals surface area contributed by atoms with Crippen molar-refractivity contribution < 1.29 is 19.1 Å². The van der Waals surface area contributed by atoms with Crippen molar-refractivity contribution in [3.63, 3.8) is 0 Å². The first-order valence-electron chi connectivity index (χ1n) is 10.1. The van der Waals surface area contributed by atoms with Gasteiger partial charge in [-0.2, -0.15) is 0 Å². The molecule has 5 heteroatoms.